The van der Waals surface area contributed by atoms with Gasteiger partial charge < -0.3 is 9.72 Å². The van der Waals surface area contributed by atoms with E-state index in [1.807, 2.05) is 18.2 Å². The van der Waals surface area contributed by atoms with Crippen molar-refractivity contribution in [3.05, 3.63) is 48.9 Å². The van der Waals surface area contributed by atoms with E-state index in [0.29, 0.717) is 5.56 Å². The molecule has 0 aliphatic rings. The molecule has 1 aromatic carbocycles. The highest BCUT2D eigenvalue weighted by Crippen LogP contribution is 2.19. The highest BCUT2D eigenvalue weighted by Gasteiger charge is 2.18. The van der Waals surface area contributed by atoms with Crippen LogP contribution in [0.25, 0.3) is 11.4 Å². The van der Waals surface area contributed by atoms with E-state index >= 15 is 0 Å². The number of hydrogen-bond donors (Lipinski definition) is 1. The van der Waals surface area contributed by atoms with Gasteiger partial charge >= 0.3 is 5.97 Å². The van der Waals surface area contributed by atoms with Gasteiger partial charge in [-0.1, -0.05) is 23.7 Å². The molecule has 1 N–H and O–H groups in total. The fraction of sp³-hybridized carbons (Fsp3) is 0.154. The van der Waals surface area contributed by atoms with Gasteiger partial charge in [0, 0.05) is 9.13 Å². The molecule has 0 unspecified atom stereocenters. The van der Waals surface area contributed by atoms with Crippen LogP contribution >= 0.6 is 34.2 Å². The molecule has 0 amide bonds. The molecule has 0 bridgehead atoms. The summed E-state index contributed by atoms with van der Waals surface area (Å²) in [5, 5.41) is -0.266. The quantitative estimate of drug-likeness (QED) is 0.631. The third-order valence-electron chi connectivity index (χ3n) is 2.43. The SMILES string of the molecule is CCOC(=O)c1nc(-c2cccc(I)c2)[nH]c(=O)c1Cl. The fourth-order valence-electron chi connectivity index (χ4n) is 1.57. The number of nitrogens with zero attached hydrogens (tertiary/aromatic N) is 1. The maximum absolute atomic E-state index is 11.8. The van der Waals surface area contributed by atoms with Crippen molar-refractivity contribution in [2.75, 3.05) is 6.61 Å². The number of carbonyl (C=O) groups excluding carboxylic acids is 1. The van der Waals surface area contributed by atoms with Crippen LogP contribution in [-0.2, 0) is 4.74 Å². The fourth-order valence-corrected chi connectivity index (χ4v) is 2.28. The van der Waals surface area contributed by atoms with Gasteiger partial charge in [0.05, 0.1) is 6.61 Å². The summed E-state index contributed by atoms with van der Waals surface area (Å²) in [6.07, 6.45) is 0. The Hall–Kier alpha value is -1.41. The predicted octanol–water partition coefficient (Wildman–Crippen LogP) is 2.87. The van der Waals surface area contributed by atoms with E-state index < -0.39 is 11.5 Å². The van der Waals surface area contributed by atoms with Crippen molar-refractivity contribution >= 4 is 40.2 Å². The zero-order chi connectivity index (χ0) is 14.7. The van der Waals surface area contributed by atoms with Gasteiger partial charge in [-0.2, -0.15) is 0 Å². The number of esters is 1. The standard InChI is InChI=1S/C13H10ClIN2O3/c1-2-20-13(19)10-9(14)12(18)17-11(16-10)7-4-3-5-8(15)6-7/h3-6H,2H2,1H3,(H,16,17,18). The summed E-state index contributed by atoms with van der Waals surface area (Å²) in [5.41, 5.74) is -0.0547. The lowest BCUT2D eigenvalue weighted by molar-refractivity contribution is 0.0519. The van der Waals surface area contributed by atoms with Gasteiger partial charge in [0.2, 0.25) is 0 Å². The molecule has 2 aromatic rings. The molecule has 0 fully saturated rings. The summed E-state index contributed by atoms with van der Waals surface area (Å²) in [7, 11) is 0. The summed E-state index contributed by atoms with van der Waals surface area (Å²) in [6, 6.07) is 7.35. The Morgan fingerprint density at radius 1 is 1.50 bits per heavy atom. The van der Waals surface area contributed by atoms with Crippen molar-refractivity contribution in [2.24, 2.45) is 0 Å². The predicted molar refractivity (Wildman–Crippen MR) is 84.0 cm³/mol. The van der Waals surface area contributed by atoms with Crippen molar-refractivity contribution in [3.63, 3.8) is 0 Å². The Kier molecular flexibility index (Phi) is 4.77. The number of ether oxygens (including phenoxy) is 1. The molecule has 0 aliphatic heterocycles. The first-order chi connectivity index (χ1) is 9.52. The molecule has 1 aromatic heterocycles. The summed E-state index contributed by atoms with van der Waals surface area (Å²) < 4.78 is 5.82. The number of rotatable bonds is 3. The second kappa shape index (κ2) is 6.36. The molecule has 0 aliphatic carbocycles. The van der Waals surface area contributed by atoms with Crippen molar-refractivity contribution in [3.8, 4) is 11.4 Å². The Bertz CT molecular complexity index is 715. The number of aromatic nitrogens is 2. The second-order valence-corrected chi connectivity index (χ2v) is 5.43. The molecule has 0 radical (unpaired) electrons. The summed E-state index contributed by atoms with van der Waals surface area (Å²) in [4.78, 5) is 30.2. The number of carbonyl (C=O) groups is 1. The molecule has 104 valence electrons. The monoisotopic (exact) mass is 404 g/mol. The number of nitrogens with one attached hydrogen (secondary N) is 1. The van der Waals surface area contributed by atoms with Gasteiger partial charge in [0.1, 0.15) is 10.8 Å². The Labute approximate surface area is 133 Å². The molecule has 0 atom stereocenters. The lowest BCUT2D eigenvalue weighted by atomic mass is 10.2. The number of halogens is 2. The van der Waals surface area contributed by atoms with Gasteiger partial charge in [-0.15, -0.1) is 0 Å². The average Bonchev–Trinajstić information content (AvgIpc) is 2.42. The molecule has 7 heteroatoms. The molecule has 20 heavy (non-hydrogen) atoms. The number of benzene rings is 1. The highest BCUT2D eigenvalue weighted by atomic mass is 127. The zero-order valence-corrected chi connectivity index (χ0v) is 13.4. The number of H-pyrrole nitrogens is 1. The normalized spacial score (nSPS) is 10.3. The number of aromatic amines is 1. The van der Waals surface area contributed by atoms with Crippen molar-refractivity contribution in [1.29, 1.82) is 0 Å². The third-order valence-corrected chi connectivity index (χ3v) is 3.45. The van der Waals surface area contributed by atoms with Crippen LogP contribution in [0.1, 0.15) is 17.4 Å². The van der Waals surface area contributed by atoms with Gasteiger partial charge in [-0.3, -0.25) is 4.79 Å². The van der Waals surface area contributed by atoms with Crippen molar-refractivity contribution < 1.29 is 9.53 Å². The van der Waals surface area contributed by atoms with Crippen LogP contribution in [0.3, 0.4) is 0 Å². The van der Waals surface area contributed by atoms with E-state index in [-0.39, 0.29) is 23.1 Å². The van der Waals surface area contributed by atoms with Gasteiger partial charge in [-0.25, -0.2) is 9.78 Å². The third kappa shape index (κ3) is 3.18. The molecular weight excluding hydrogens is 395 g/mol. The first-order valence-electron chi connectivity index (χ1n) is 5.75. The van der Waals surface area contributed by atoms with Crippen LogP contribution in [-0.4, -0.2) is 22.5 Å². The highest BCUT2D eigenvalue weighted by molar-refractivity contribution is 14.1. The van der Waals surface area contributed by atoms with E-state index in [4.69, 9.17) is 16.3 Å². The lowest BCUT2D eigenvalue weighted by Gasteiger charge is -2.06. The van der Waals surface area contributed by atoms with Crippen LogP contribution in [0.15, 0.2) is 29.1 Å². The Balaban J connectivity index is 2.56. The van der Waals surface area contributed by atoms with Gasteiger partial charge in [0.25, 0.3) is 5.56 Å². The topological polar surface area (TPSA) is 72.0 Å². The first-order valence-corrected chi connectivity index (χ1v) is 7.21. The van der Waals surface area contributed by atoms with Crippen LogP contribution in [0.2, 0.25) is 5.02 Å². The molecular formula is C13H10ClIN2O3. The molecule has 2 rings (SSSR count). The maximum Gasteiger partial charge on any atom is 0.358 e. The van der Waals surface area contributed by atoms with E-state index in [1.54, 1.807) is 13.0 Å². The summed E-state index contributed by atoms with van der Waals surface area (Å²) >= 11 is 7.95. The largest absolute Gasteiger partial charge is 0.461 e. The molecule has 5 nitrogen and oxygen atoms in total. The Morgan fingerprint density at radius 3 is 2.90 bits per heavy atom. The smallest absolute Gasteiger partial charge is 0.358 e. The van der Waals surface area contributed by atoms with Gasteiger partial charge in [-0.05, 0) is 41.6 Å². The minimum absolute atomic E-state index is 0.175. The molecule has 0 spiro atoms. The van der Waals surface area contributed by atoms with E-state index in [2.05, 4.69) is 32.6 Å². The van der Waals surface area contributed by atoms with Crippen LogP contribution in [0.4, 0.5) is 0 Å². The lowest BCUT2D eigenvalue weighted by Crippen LogP contribution is -2.18. The maximum atomic E-state index is 11.8. The van der Waals surface area contributed by atoms with Crippen LogP contribution < -0.4 is 5.56 Å². The van der Waals surface area contributed by atoms with E-state index in [0.717, 1.165) is 3.57 Å². The van der Waals surface area contributed by atoms with E-state index in [9.17, 15) is 9.59 Å². The molecule has 1 heterocycles. The van der Waals surface area contributed by atoms with E-state index in [1.165, 1.54) is 0 Å². The number of hydrogen-bond acceptors (Lipinski definition) is 4. The minimum atomic E-state index is -0.713. The summed E-state index contributed by atoms with van der Waals surface area (Å²) in [6.45, 7) is 1.85. The second-order valence-electron chi connectivity index (χ2n) is 3.81. The first kappa shape index (κ1) is 15.0. The van der Waals surface area contributed by atoms with Crippen molar-refractivity contribution in [1.82, 2.24) is 9.97 Å². The molecule has 0 saturated carbocycles. The minimum Gasteiger partial charge on any atom is -0.461 e. The zero-order valence-electron chi connectivity index (χ0n) is 10.4. The average molecular weight is 405 g/mol. The van der Waals surface area contributed by atoms with Gasteiger partial charge in [0.15, 0.2) is 5.69 Å². The van der Waals surface area contributed by atoms with Crippen molar-refractivity contribution in [2.45, 2.75) is 6.92 Å². The Morgan fingerprint density at radius 2 is 2.25 bits per heavy atom. The molecule has 0 saturated heterocycles. The summed E-state index contributed by atoms with van der Waals surface area (Å²) in [5.74, 6) is -0.434. The van der Waals surface area contributed by atoms with Crippen LogP contribution in [0, 0.1) is 3.57 Å². The van der Waals surface area contributed by atoms with Crippen LogP contribution in [0.5, 0.6) is 0 Å².